The highest BCUT2D eigenvalue weighted by molar-refractivity contribution is 5.91. The minimum atomic E-state index is -0.428. The summed E-state index contributed by atoms with van der Waals surface area (Å²) >= 11 is 0. The highest BCUT2D eigenvalue weighted by Crippen LogP contribution is 2.41. The van der Waals surface area contributed by atoms with E-state index in [4.69, 9.17) is 0 Å². The second-order valence-electron chi connectivity index (χ2n) is 6.00. The molecule has 1 fully saturated rings. The first-order chi connectivity index (χ1) is 9.30. The zero-order chi connectivity index (χ0) is 15.3. The molecule has 1 rings (SSSR count). The molecule has 0 aromatic carbocycles. The highest BCUT2D eigenvalue weighted by atomic mass is 16.5. The Labute approximate surface area is 120 Å². The fourth-order valence-electron chi connectivity index (χ4n) is 2.79. The standard InChI is InChI=1S/C16H24O4/c1-11(17)6-5-8-16(3)9-7-13(10-14(16)18)12(2)15(19)20-4/h13H,2,5-10H2,1,3-4H3. The van der Waals surface area contributed by atoms with Crippen molar-refractivity contribution in [2.24, 2.45) is 11.3 Å². The SMILES string of the molecule is C=C(C(=O)OC)C1CCC(C)(CCCC(C)=O)C(=O)C1. The molecule has 0 aliphatic heterocycles. The lowest BCUT2D eigenvalue weighted by atomic mass is 9.67. The maximum atomic E-state index is 12.3. The summed E-state index contributed by atoms with van der Waals surface area (Å²) in [4.78, 5) is 34.8. The summed E-state index contributed by atoms with van der Waals surface area (Å²) in [5, 5.41) is 0. The number of carbonyl (C=O) groups excluding carboxylic acids is 3. The predicted molar refractivity (Wildman–Crippen MR) is 76.1 cm³/mol. The fraction of sp³-hybridized carbons (Fsp3) is 0.688. The Morgan fingerprint density at radius 1 is 1.45 bits per heavy atom. The summed E-state index contributed by atoms with van der Waals surface area (Å²) in [5.41, 5.74) is 0.0363. The van der Waals surface area contributed by atoms with E-state index >= 15 is 0 Å². The topological polar surface area (TPSA) is 60.4 Å². The van der Waals surface area contributed by atoms with Crippen LogP contribution in [0.2, 0.25) is 0 Å². The number of carbonyl (C=O) groups is 3. The van der Waals surface area contributed by atoms with E-state index < -0.39 is 5.97 Å². The van der Waals surface area contributed by atoms with Gasteiger partial charge in [0.15, 0.2) is 0 Å². The molecule has 4 nitrogen and oxygen atoms in total. The van der Waals surface area contributed by atoms with Crippen LogP contribution >= 0.6 is 0 Å². The Bertz CT molecular complexity index is 424. The van der Waals surface area contributed by atoms with Crippen molar-refractivity contribution in [3.8, 4) is 0 Å². The minimum absolute atomic E-state index is 0.101. The summed E-state index contributed by atoms with van der Waals surface area (Å²) < 4.78 is 4.66. The molecule has 0 N–H and O–H groups in total. The molecule has 1 saturated carbocycles. The van der Waals surface area contributed by atoms with Crippen molar-refractivity contribution in [3.63, 3.8) is 0 Å². The van der Waals surface area contributed by atoms with Gasteiger partial charge in [0.1, 0.15) is 11.6 Å². The van der Waals surface area contributed by atoms with Crippen molar-refractivity contribution in [3.05, 3.63) is 12.2 Å². The van der Waals surface area contributed by atoms with Gasteiger partial charge in [-0.05, 0) is 38.5 Å². The molecular weight excluding hydrogens is 256 g/mol. The number of ketones is 2. The first-order valence-corrected chi connectivity index (χ1v) is 7.10. The zero-order valence-electron chi connectivity index (χ0n) is 12.7. The highest BCUT2D eigenvalue weighted by Gasteiger charge is 2.40. The van der Waals surface area contributed by atoms with Crippen molar-refractivity contribution in [2.45, 2.75) is 52.4 Å². The van der Waals surface area contributed by atoms with Crippen LogP contribution in [0.15, 0.2) is 12.2 Å². The van der Waals surface area contributed by atoms with Gasteiger partial charge in [-0.1, -0.05) is 13.5 Å². The number of hydrogen-bond donors (Lipinski definition) is 0. The maximum absolute atomic E-state index is 12.3. The normalized spacial score (nSPS) is 26.1. The molecule has 1 aliphatic carbocycles. The number of methoxy groups -OCH3 is 1. The fourth-order valence-corrected chi connectivity index (χ4v) is 2.79. The third-order valence-corrected chi connectivity index (χ3v) is 4.35. The van der Waals surface area contributed by atoms with E-state index in [1.165, 1.54) is 7.11 Å². The largest absolute Gasteiger partial charge is 0.466 e. The monoisotopic (exact) mass is 280 g/mol. The van der Waals surface area contributed by atoms with Crippen LogP contribution in [-0.2, 0) is 19.1 Å². The molecule has 0 saturated heterocycles. The Hall–Kier alpha value is -1.45. The molecular formula is C16H24O4. The van der Waals surface area contributed by atoms with E-state index in [1.54, 1.807) is 6.92 Å². The molecule has 4 heteroatoms. The van der Waals surface area contributed by atoms with Crippen LogP contribution in [0.5, 0.6) is 0 Å². The van der Waals surface area contributed by atoms with Crippen LogP contribution in [0.25, 0.3) is 0 Å². The van der Waals surface area contributed by atoms with Gasteiger partial charge in [-0.15, -0.1) is 0 Å². The Balaban J connectivity index is 2.58. The molecule has 2 unspecified atom stereocenters. The zero-order valence-corrected chi connectivity index (χ0v) is 12.7. The summed E-state index contributed by atoms with van der Waals surface area (Å²) in [5.74, 6) is -0.199. The average Bonchev–Trinajstić information content (AvgIpc) is 2.40. The van der Waals surface area contributed by atoms with Gasteiger partial charge in [-0.25, -0.2) is 4.79 Å². The second kappa shape index (κ2) is 6.82. The van der Waals surface area contributed by atoms with Crippen LogP contribution in [0.3, 0.4) is 0 Å². The third kappa shape index (κ3) is 4.02. The smallest absolute Gasteiger partial charge is 0.333 e. The summed E-state index contributed by atoms with van der Waals surface area (Å²) in [6.07, 6.45) is 3.88. The Morgan fingerprint density at radius 3 is 2.60 bits per heavy atom. The summed E-state index contributed by atoms with van der Waals surface area (Å²) in [6, 6.07) is 0. The molecule has 2 atom stereocenters. The first kappa shape index (κ1) is 16.6. The molecule has 112 valence electrons. The quantitative estimate of drug-likeness (QED) is 0.554. The van der Waals surface area contributed by atoms with E-state index in [1.807, 2.05) is 6.92 Å². The lowest BCUT2D eigenvalue weighted by molar-refractivity contribution is -0.138. The minimum Gasteiger partial charge on any atom is -0.466 e. The van der Waals surface area contributed by atoms with Crippen LogP contribution < -0.4 is 0 Å². The predicted octanol–water partition coefficient (Wildman–Crippen LogP) is 2.85. The Kier molecular flexibility index (Phi) is 5.66. The van der Waals surface area contributed by atoms with E-state index in [2.05, 4.69) is 11.3 Å². The van der Waals surface area contributed by atoms with Crippen LogP contribution in [-0.4, -0.2) is 24.6 Å². The van der Waals surface area contributed by atoms with Gasteiger partial charge in [-0.3, -0.25) is 4.79 Å². The molecule has 20 heavy (non-hydrogen) atoms. The number of Topliss-reactive ketones (excluding diaryl/α,β-unsaturated/α-hetero) is 2. The molecule has 1 aliphatic rings. The lowest BCUT2D eigenvalue weighted by Crippen LogP contribution is -2.36. The summed E-state index contributed by atoms with van der Waals surface area (Å²) in [7, 11) is 1.32. The van der Waals surface area contributed by atoms with Gasteiger partial charge < -0.3 is 9.53 Å². The number of rotatable bonds is 6. The van der Waals surface area contributed by atoms with Gasteiger partial charge in [0.25, 0.3) is 0 Å². The van der Waals surface area contributed by atoms with E-state index in [0.717, 1.165) is 25.7 Å². The van der Waals surface area contributed by atoms with Crippen molar-refractivity contribution in [1.82, 2.24) is 0 Å². The third-order valence-electron chi connectivity index (χ3n) is 4.35. The molecule has 0 bridgehead atoms. The molecule has 0 heterocycles. The maximum Gasteiger partial charge on any atom is 0.333 e. The Morgan fingerprint density at radius 2 is 2.10 bits per heavy atom. The molecule has 0 radical (unpaired) electrons. The van der Waals surface area contributed by atoms with Crippen LogP contribution in [0.1, 0.15) is 52.4 Å². The van der Waals surface area contributed by atoms with Gasteiger partial charge in [0, 0.05) is 23.8 Å². The molecule has 0 aromatic heterocycles. The number of esters is 1. The summed E-state index contributed by atoms with van der Waals surface area (Å²) in [6.45, 7) is 7.28. The lowest BCUT2D eigenvalue weighted by Gasteiger charge is -2.36. The average molecular weight is 280 g/mol. The number of hydrogen-bond acceptors (Lipinski definition) is 4. The van der Waals surface area contributed by atoms with Crippen molar-refractivity contribution in [1.29, 1.82) is 0 Å². The first-order valence-electron chi connectivity index (χ1n) is 7.10. The second-order valence-corrected chi connectivity index (χ2v) is 6.00. The van der Waals surface area contributed by atoms with Gasteiger partial charge in [0.05, 0.1) is 7.11 Å². The van der Waals surface area contributed by atoms with E-state index in [0.29, 0.717) is 18.4 Å². The van der Waals surface area contributed by atoms with Gasteiger partial charge in [0.2, 0.25) is 0 Å². The molecule has 0 spiro atoms. The van der Waals surface area contributed by atoms with Crippen LogP contribution in [0.4, 0.5) is 0 Å². The van der Waals surface area contributed by atoms with Crippen molar-refractivity contribution < 1.29 is 19.1 Å². The van der Waals surface area contributed by atoms with Gasteiger partial charge >= 0.3 is 5.97 Å². The molecule has 0 amide bonds. The van der Waals surface area contributed by atoms with Crippen molar-refractivity contribution in [2.75, 3.05) is 7.11 Å². The molecule has 0 aromatic rings. The van der Waals surface area contributed by atoms with Gasteiger partial charge in [-0.2, -0.15) is 0 Å². The number of ether oxygens (including phenoxy) is 1. The van der Waals surface area contributed by atoms with Crippen molar-refractivity contribution >= 4 is 17.5 Å². The van der Waals surface area contributed by atoms with E-state index in [9.17, 15) is 14.4 Å². The van der Waals surface area contributed by atoms with E-state index in [-0.39, 0.29) is 22.9 Å². The van der Waals surface area contributed by atoms with Crippen LogP contribution in [0, 0.1) is 11.3 Å².